The number of likely N-dealkylation sites (tertiary alicyclic amines) is 1. The fourth-order valence-electron chi connectivity index (χ4n) is 3.08. The lowest BCUT2D eigenvalue weighted by molar-refractivity contribution is 0.101. The van der Waals surface area contributed by atoms with Crippen molar-refractivity contribution < 1.29 is 4.79 Å². The molecule has 4 nitrogen and oxygen atoms in total. The number of ketones is 1. The molecular formula is C18H25N3O. The molecular weight excluding hydrogens is 274 g/mol. The van der Waals surface area contributed by atoms with Crippen LogP contribution < -0.4 is 5.32 Å². The summed E-state index contributed by atoms with van der Waals surface area (Å²) in [4.78, 5) is 14.2. The van der Waals surface area contributed by atoms with Gasteiger partial charge in [0.2, 0.25) is 0 Å². The highest BCUT2D eigenvalue weighted by atomic mass is 16.1. The van der Waals surface area contributed by atoms with Crippen LogP contribution in [0.15, 0.2) is 18.2 Å². The lowest BCUT2D eigenvalue weighted by Crippen LogP contribution is -2.43. The Kier molecular flexibility index (Phi) is 5.57. The van der Waals surface area contributed by atoms with E-state index in [1.807, 2.05) is 0 Å². The van der Waals surface area contributed by atoms with Crippen molar-refractivity contribution in [3.63, 3.8) is 0 Å². The molecule has 1 fully saturated rings. The Labute approximate surface area is 133 Å². The molecule has 1 saturated heterocycles. The Morgan fingerprint density at radius 3 is 2.95 bits per heavy atom. The number of Topliss-reactive ketones (excluding diaryl/α,β-unsaturated/α-hetero) is 1. The molecule has 0 amide bonds. The van der Waals surface area contributed by atoms with Gasteiger partial charge in [0.25, 0.3) is 0 Å². The van der Waals surface area contributed by atoms with Crippen LogP contribution in [0.25, 0.3) is 0 Å². The smallest absolute Gasteiger partial charge is 0.161 e. The minimum Gasteiger partial charge on any atom is -0.383 e. The van der Waals surface area contributed by atoms with Gasteiger partial charge in [0.05, 0.1) is 11.6 Å². The maximum atomic E-state index is 11.7. The molecule has 0 spiro atoms. The number of nitrogens with zero attached hydrogens (tertiary/aromatic N) is 2. The number of anilines is 1. The van der Waals surface area contributed by atoms with Gasteiger partial charge in [-0.1, -0.05) is 6.92 Å². The van der Waals surface area contributed by atoms with Gasteiger partial charge in [-0.3, -0.25) is 9.69 Å². The Morgan fingerprint density at radius 2 is 2.32 bits per heavy atom. The Hall–Kier alpha value is -1.86. The molecule has 22 heavy (non-hydrogen) atoms. The minimum atomic E-state index is 0.0197. The predicted molar refractivity (Wildman–Crippen MR) is 89.1 cm³/mol. The number of piperidine rings is 1. The zero-order valence-electron chi connectivity index (χ0n) is 13.7. The molecule has 0 saturated carbocycles. The number of rotatable bonds is 5. The van der Waals surface area contributed by atoms with Crippen molar-refractivity contribution in [3.8, 4) is 6.07 Å². The van der Waals surface area contributed by atoms with E-state index in [1.54, 1.807) is 25.1 Å². The van der Waals surface area contributed by atoms with Crippen LogP contribution in [0.1, 0.15) is 49.5 Å². The van der Waals surface area contributed by atoms with Gasteiger partial charge in [-0.2, -0.15) is 5.26 Å². The quantitative estimate of drug-likeness (QED) is 0.848. The number of benzene rings is 1. The third kappa shape index (κ3) is 4.08. The number of hydrogen-bond donors (Lipinski definition) is 1. The zero-order valence-corrected chi connectivity index (χ0v) is 13.7. The average Bonchev–Trinajstić information content (AvgIpc) is 2.52. The van der Waals surface area contributed by atoms with Crippen LogP contribution in [0.4, 0.5) is 5.69 Å². The largest absolute Gasteiger partial charge is 0.383 e. The van der Waals surface area contributed by atoms with Gasteiger partial charge in [-0.05, 0) is 57.4 Å². The van der Waals surface area contributed by atoms with Crippen LogP contribution in [0.3, 0.4) is 0 Å². The van der Waals surface area contributed by atoms with E-state index >= 15 is 0 Å². The fraction of sp³-hybridized carbons (Fsp3) is 0.556. The molecule has 0 aromatic heterocycles. The van der Waals surface area contributed by atoms with Crippen LogP contribution in [-0.4, -0.2) is 36.4 Å². The Morgan fingerprint density at radius 1 is 1.55 bits per heavy atom. The fourth-order valence-corrected chi connectivity index (χ4v) is 3.08. The third-order valence-corrected chi connectivity index (χ3v) is 4.43. The highest BCUT2D eigenvalue weighted by Crippen LogP contribution is 2.21. The van der Waals surface area contributed by atoms with E-state index in [9.17, 15) is 4.79 Å². The van der Waals surface area contributed by atoms with Crippen molar-refractivity contribution in [1.82, 2.24) is 4.90 Å². The summed E-state index contributed by atoms with van der Waals surface area (Å²) in [5.41, 5.74) is 1.99. The molecule has 2 unspecified atom stereocenters. The average molecular weight is 299 g/mol. The summed E-state index contributed by atoms with van der Waals surface area (Å²) in [6, 6.07) is 7.73. The van der Waals surface area contributed by atoms with Crippen LogP contribution >= 0.6 is 0 Å². The van der Waals surface area contributed by atoms with E-state index in [4.69, 9.17) is 5.26 Å². The molecule has 1 heterocycles. The van der Waals surface area contributed by atoms with Gasteiger partial charge in [0.1, 0.15) is 0 Å². The van der Waals surface area contributed by atoms with Crippen molar-refractivity contribution in [2.75, 3.05) is 25.0 Å². The second-order valence-electron chi connectivity index (χ2n) is 6.40. The standard InChI is InChI=1S/C18H25N3O/c1-13-5-4-8-21(12-13)14(2)11-20-18-9-16(10-19)6-7-17(18)15(3)22/h6-7,9,13-14,20H,4-5,8,11-12H2,1-3H3. The summed E-state index contributed by atoms with van der Waals surface area (Å²) in [5, 5.41) is 12.4. The number of nitriles is 1. The molecule has 0 bridgehead atoms. The van der Waals surface area contributed by atoms with Crippen LogP contribution in [0.2, 0.25) is 0 Å². The lowest BCUT2D eigenvalue weighted by atomic mass is 9.99. The van der Waals surface area contributed by atoms with Gasteiger partial charge < -0.3 is 5.32 Å². The van der Waals surface area contributed by atoms with Gasteiger partial charge in [-0.25, -0.2) is 0 Å². The molecule has 1 aliphatic rings. The Balaban J connectivity index is 2.04. The highest BCUT2D eigenvalue weighted by Gasteiger charge is 2.21. The maximum absolute atomic E-state index is 11.7. The second-order valence-corrected chi connectivity index (χ2v) is 6.40. The summed E-state index contributed by atoms with van der Waals surface area (Å²) in [7, 11) is 0. The first kappa shape index (κ1) is 16.5. The molecule has 2 atom stereocenters. The van der Waals surface area contributed by atoms with Gasteiger partial charge in [-0.15, -0.1) is 0 Å². The summed E-state index contributed by atoms with van der Waals surface area (Å²) < 4.78 is 0. The number of nitrogens with one attached hydrogen (secondary N) is 1. The van der Waals surface area contributed by atoms with Crippen molar-refractivity contribution in [3.05, 3.63) is 29.3 Å². The predicted octanol–water partition coefficient (Wildman–Crippen LogP) is 3.29. The first-order valence-electron chi connectivity index (χ1n) is 8.04. The van der Waals surface area contributed by atoms with E-state index in [0.717, 1.165) is 31.2 Å². The summed E-state index contributed by atoms with van der Waals surface area (Å²) >= 11 is 0. The third-order valence-electron chi connectivity index (χ3n) is 4.43. The van der Waals surface area contributed by atoms with E-state index in [-0.39, 0.29) is 5.78 Å². The van der Waals surface area contributed by atoms with Gasteiger partial charge in [0.15, 0.2) is 5.78 Å². The monoisotopic (exact) mass is 299 g/mol. The van der Waals surface area contributed by atoms with Gasteiger partial charge in [0, 0.05) is 30.4 Å². The molecule has 118 valence electrons. The number of hydrogen-bond acceptors (Lipinski definition) is 4. The van der Waals surface area contributed by atoms with E-state index in [2.05, 4.69) is 30.1 Å². The molecule has 1 aromatic rings. The van der Waals surface area contributed by atoms with Crippen molar-refractivity contribution in [2.24, 2.45) is 5.92 Å². The lowest BCUT2D eigenvalue weighted by Gasteiger charge is -2.35. The molecule has 1 N–H and O–H groups in total. The minimum absolute atomic E-state index is 0.0197. The molecule has 0 radical (unpaired) electrons. The SMILES string of the molecule is CC(=O)c1ccc(C#N)cc1NCC(C)N1CCCC(C)C1. The first-order chi connectivity index (χ1) is 10.5. The molecule has 4 heteroatoms. The molecule has 1 aromatic carbocycles. The molecule has 1 aliphatic heterocycles. The second kappa shape index (κ2) is 7.42. The van der Waals surface area contributed by atoms with E-state index < -0.39 is 0 Å². The van der Waals surface area contributed by atoms with Crippen LogP contribution in [0, 0.1) is 17.2 Å². The molecule has 0 aliphatic carbocycles. The summed E-state index contributed by atoms with van der Waals surface area (Å²) in [6.07, 6.45) is 2.57. The van der Waals surface area contributed by atoms with Crippen molar-refractivity contribution in [1.29, 1.82) is 5.26 Å². The highest BCUT2D eigenvalue weighted by molar-refractivity contribution is 5.99. The number of carbonyl (C=O) groups excluding carboxylic acids is 1. The molecule has 2 rings (SSSR count). The number of carbonyl (C=O) groups is 1. The topological polar surface area (TPSA) is 56.1 Å². The van der Waals surface area contributed by atoms with Crippen molar-refractivity contribution in [2.45, 2.75) is 39.7 Å². The summed E-state index contributed by atoms with van der Waals surface area (Å²) in [6.45, 7) is 9.14. The van der Waals surface area contributed by atoms with Crippen LogP contribution in [0.5, 0.6) is 0 Å². The zero-order chi connectivity index (χ0) is 16.1. The maximum Gasteiger partial charge on any atom is 0.161 e. The summed E-state index contributed by atoms with van der Waals surface area (Å²) in [5.74, 6) is 0.775. The Bertz CT molecular complexity index is 576. The van der Waals surface area contributed by atoms with E-state index in [0.29, 0.717) is 17.2 Å². The van der Waals surface area contributed by atoms with Gasteiger partial charge >= 0.3 is 0 Å². The normalized spacial score (nSPS) is 20.2. The first-order valence-corrected chi connectivity index (χ1v) is 8.04. The van der Waals surface area contributed by atoms with Crippen LogP contribution in [-0.2, 0) is 0 Å². The van der Waals surface area contributed by atoms with Crippen molar-refractivity contribution >= 4 is 11.5 Å². The van der Waals surface area contributed by atoms with E-state index in [1.165, 1.54) is 12.8 Å².